The smallest absolute Gasteiger partial charge is 0.255 e. The second-order valence-corrected chi connectivity index (χ2v) is 9.60. The molecule has 1 amide bonds. The van der Waals surface area contributed by atoms with Gasteiger partial charge in [0.25, 0.3) is 5.91 Å². The van der Waals surface area contributed by atoms with Gasteiger partial charge in [-0.1, -0.05) is 12.1 Å². The zero-order chi connectivity index (χ0) is 21.5. The van der Waals surface area contributed by atoms with Gasteiger partial charge in [0.05, 0.1) is 10.6 Å². The van der Waals surface area contributed by atoms with E-state index < -0.39 is 10.0 Å². The minimum atomic E-state index is -3.66. The molecule has 2 heterocycles. The molecule has 0 saturated carbocycles. The van der Waals surface area contributed by atoms with Crippen molar-refractivity contribution < 1.29 is 13.2 Å². The van der Waals surface area contributed by atoms with Crippen molar-refractivity contribution in [3.8, 4) is 11.3 Å². The van der Waals surface area contributed by atoms with Gasteiger partial charge in [0, 0.05) is 34.6 Å². The first-order chi connectivity index (χ1) is 14.3. The van der Waals surface area contributed by atoms with E-state index in [9.17, 15) is 13.2 Å². The van der Waals surface area contributed by atoms with Crippen LogP contribution in [-0.2, 0) is 10.0 Å². The lowest BCUT2D eigenvalue weighted by Crippen LogP contribution is -2.21. The van der Waals surface area contributed by atoms with Gasteiger partial charge in [-0.25, -0.2) is 18.1 Å². The van der Waals surface area contributed by atoms with Gasteiger partial charge in [0.2, 0.25) is 10.0 Å². The number of imidazole rings is 1. The third-order valence-corrected chi connectivity index (χ3v) is 7.28. The maximum absolute atomic E-state index is 12.7. The van der Waals surface area contributed by atoms with Crippen molar-refractivity contribution in [1.29, 1.82) is 0 Å². The van der Waals surface area contributed by atoms with Crippen molar-refractivity contribution in [3.63, 3.8) is 0 Å². The van der Waals surface area contributed by atoms with E-state index in [0.717, 1.165) is 21.8 Å². The maximum Gasteiger partial charge on any atom is 0.255 e. The molecule has 0 aliphatic heterocycles. The molecule has 2 aromatic heterocycles. The number of rotatable bonds is 5. The normalized spacial score (nSPS) is 11.7. The molecular weight excluding hydrogens is 420 g/mol. The zero-order valence-electron chi connectivity index (χ0n) is 16.6. The number of aromatic nitrogens is 2. The van der Waals surface area contributed by atoms with Crippen molar-refractivity contribution in [2.45, 2.75) is 18.7 Å². The highest BCUT2D eigenvalue weighted by Gasteiger charge is 2.19. The van der Waals surface area contributed by atoms with Gasteiger partial charge in [0.1, 0.15) is 0 Å². The van der Waals surface area contributed by atoms with Crippen LogP contribution >= 0.6 is 11.3 Å². The summed E-state index contributed by atoms with van der Waals surface area (Å²) >= 11 is 1.57. The molecule has 2 N–H and O–H groups in total. The van der Waals surface area contributed by atoms with E-state index in [-0.39, 0.29) is 16.4 Å². The van der Waals surface area contributed by atoms with E-state index in [4.69, 9.17) is 0 Å². The van der Waals surface area contributed by atoms with Crippen molar-refractivity contribution in [2.75, 3.05) is 12.4 Å². The number of fused-ring (bicyclic) bond motifs is 1. The number of carbonyl (C=O) groups excluding carboxylic acids is 1. The summed E-state index contributed by atoms with van der Waals surface area (Å²) in [4.78, 5) is 18.3. The molecular formula is C21H20N4O3S2. The molecule has 0 atom stereocenters. The standard InChI is InChI=1S/C21H20N4O3S2/c1-13-10-16(11-19(14(13)2)30(27,28)22-3)20(26)23-17-6-4-15(5-7-17)18-12-25-8-9-29-21(25)24-18/h4-12,22H,1-3H3,(H,23,26). The lowest BCUT2D eigenvalue weighted by atomic mass is 10.1. The van der Waals surface area contributed by atoms with Crippen LogP contribution in [0.5, 0.6) is 0 Å². The lowest BCUT2D eigenvalue weighted by Gasteiger charge is -2.12. The average molecular weight is 441 g/mol. The van der Waals surface area contributed by atoms with Gasteiger partial charge in [-0.15, -0.1) is 11.3 Å². The fourth-order valence-corrected chi connectivity index (χ4v) is 4.91. The number of sulfonamides is 1. The topological polar surface area (TPSA) is 92.6 Å². The number of nitrogens with zero attached hydrogens (tertiary/aromatic N) is 2. The highest BCUT2D eigenvalue weighted by atomic mass is 32.2. The van der Waals surface area contributed by atoms with Crippen molar-refractivity contribution in [3.05, 3.63) is 70.9 Å². The second kappa shape index (κ2) is 7.67. The minimum Gasteiger partial charge on any atom is -0.322 e. The summed E-state index contributed by atoms with van der Waals surface area (Å²) in [5, 5.41) is 4.80. The SMILES string of the molecule is CNS(=O)(=O)c1cc(C(=O)Nc2ccc(-c3cn4ccsc4n3)cc2)cc(C)c1C. The number of carbonyl (C=O) groups is 1. The van der Waals surface area contributed by atoms with E-state index in [1.807, 2.05) is 34.3 Å². The summed E-state index contributed by atoms with van der Waals surface area (Å²) < 4.78 is 28.8. The van der Waals surface area contributed by atoms with Gasteiger partial charge in [-0.2, -0.15) is 0 Å². The molecule has 0 unspecified atom stereocenters. The first-order valence-electron chi connectivity index (χ1n) is 9.17. The van der Waals surface area contributed by atoms with Crippen LogP contribution in [0.2, 0.25) is 0 Å². The molecule has 2 aromatic carbocycles. The second-order valence-electron chi connectivity index (χ2n) is 6.87. The van der Waals surface area contributed by atoms with Crippen LogP contribution in [0.15, 0.2) is 59.1 Å². The molecule has 4 aromatic rings. The molecule has 0 radical (unpaired) electrons. The Bertz CT molecular complexity index is 1320. The Morgan fingerprint density at radius 1 is 1.13 bits per heavy atom. The van der Waals surface area contributed by atoms with Crippen LogP contribution in [-0.4, -0.2) is 30.8 Å². The zero-order valence-corrected chi connectivity index (χ0v) is 18.3. The van der Waals surface area contributed by atoms with E-state index in [0.29, 0.717) is 11.3 Å². The fourth-order valence-electron chi connectivity index (χ4n) is 3.14. The van der Waals surface area contributed by atoms with E-state index in [1.165, 1.54) is 13.1 Å². The third kappa shape index (κ3) is 3.74. The van der Waals surface area contributed by atoms with Gasteiger partial charge in [0.15, 0.2) is 4.96 Å². The van der Waals surface area contributed by atoms with E-state index in [2.05, 4.69) is 15.0 Å². The van der Waals surface area contributed by atoms with E-state index >= 15 is 0 Å². The Kier molecular flexibility index (Phi) is 5.19. The quantitative estimate of drug-likeness (QED) is 0.493. The maximum atomic E-state index is 12.7. The number of thiazole rings is 1. The number of anilines is 1. The molecule has 154 valence electrons. The summed E-state index contributed by atoms with van der Waals surface area (Å²) in [6.45, 7) is 3.51. The monoisotopic (exact) mass is 440 g/mol. The van der Waals surface area contributed by atoms with Gasteiger partial charge in [-0.05, 0) is 56.3 Å². The fraction of sp³-hybridized carbons (Fsp3) is 0.143. The Balaban J connectivity index is 1.57. The molecule has 0 bridgehead atoms. The predicted octanol–water partition coefficient (Wildman–Crippen LogP) is 3.84. The van der Waals surface area contributed by atoms with Crippen LogP contribution in [0.4, 0.5) is 5.69 Å². The summed E-state index contributed by atoms with van der Waals surface area (Å²) in [5.41, 5.74) is 4.04. The Hall–Kier alpha value is -3.01. The molecule has 7 nitrogen and oxygen atoms in total. The molecule has 0 spiro atoms. The summed E-state index contributed by atoms with van der Waals surface area (Å²) in [6, 6.07) is 10.5. The first kappa shape index (κ1) is 20.3. The predicted molar refractivity (Wildman–Crippen MR) is 119 cm³/mol. The number of hydrogen-bond acceptors (Lipinski definition) is 5. The van der Waals surface area contributed by atoms with Gasteiger partial charge < -0.3 is 5.32 Å². The van der Waals surface area contributed by atoms with Crippen LogP contribution in [0.1, 0.15) is 21.5 Å². The molecule has 30 heavy (non-hydrogen) atoms. The van der Waals surface area contributed by atoms with E-state index in [1.54, 1.807) is 43.4 Å². The van der Waals surface area contributed by atoms with Crippen molar-refractivity contribution in [1.82, 2.24) is 14.1 Å². The lowest BCUT2D eigenvalue weighted by molar-refractivity contribution is 0.102. The Morgan fingerprint density at radius 3 is 2.53 bits per heavy atom. The molecule has 0 aliphatic carbocycles. The van der Waals surface area contributed by atoms with Crippen LogP contribution in [0.3, 0.4) is 0 Å². The Morgan fingerprint density at radius 2 is 1.87 bits per heavy atom. The van der Waals surface area contributed by atoms with Crippen molar-refractivity contribution >= 4 is 37.9 Å². The van der Waals surface area contributed by atoms with Crippen LogP contribution in [0, 0.1) is 13.8 Å². The molecule has 9 heteroatoms. The number of aryl methyl sites for hydroxylation is 1. The average Bonchev–Trinajstić information content (AvgIpc) is 3.32. The number of hydrogen-bond donors (Lipinski definition) is 2. The molecule has 0 aliphatic rings. The first-order valence-corrected chi connectivity index (χ1v) is 11.5. The highest BCUT2D eigenvalue weighted by Crippen LogP contribution is 2.24. The molecule has 4 rings (SSSR count). The summed E-state index contributed by atoms with van der Waals surface area (Å²) in [7, 11) is -2.31. The third-order valence-electron chi connectivity index (χ3n) is 4.97. The number of benzene rings is 2. The summed E-state index contributed by atoms with van der Waals surface area (Å²) in [5.74, 6) is -0.374. The Labute approximate surface area is 178 Å². The van der Waals surface area contributed by atoms with Crippen molar-refractivity contribution in [2.24, 2.45) is 0 Å². The highest BCUT2D eigenvalue weighted by molar-refractivity contribution is 7.89. The largest absolute Gasteiger partial charge is 0.322 e. The molecule has 0 saturated heterocycles. The van der Waals surface area contributed by atoms with Gasteiger partial charge in [-0.3, -0.25) is 9.20 Å². The van der Waals surface area contributed by atoms with Crippen LogP contribution in [0.25, 0.3) is 16.2 Å². The number of nitrogens with one attached hydrogen (secondary N) is 2. The van der Waals surface area contributed by atoms with Crippen LogP contribution < -0.4 is 10.0 Å². The summed E-state index contributed by atoms with van der Waals surface area (Å²) in [6.07, 6.45) is 3.91. The molecule has 0 fully saturated rings. The van der Waals surface area contributed by atoms with Gasteiger partial charge >= 0.3 is 0 Å². The minimum absolute atomic E-state index is 0.102. The number of amides is 1.